The molecule has 0 bridgehead atoms. The molecular formula is C18H14N2O3S. The molecule has 2 heterocycles. The van der Waals surface area contributed by atoms with Crippen molar-refractivity contribution in [1.82, 2.24) is 9.38 Å². The second kappa shape index (κ2) is 5.35. The highest BCUT2D eigenvalue weighted by Gasteiger charge is 2.11. The maximum atomic E-state index is 12.4. The SMILES string of the molecule is COc1cc(/C=c2/c(=O)sc3nc4ccc(C)cc4n23)ccc1O. The number of hydrogen-bond acceptors (Lipinski definition) is 5. The standard InChI is InChI=1S/C18H14N2O3S/c1-10-3-5-12-13(7-10)20-14(17(22)24-18(20)19-12)8-11-4-6-15(21)16(9-11)23-2/h3-9,21H,1-2H3/b14-8-. The van der Waals surface area contributed by atoms with Gasteiger partial charge in [-0.2, -0.15) is 0 Å². The number of fused-ring (bicyclic) bond motifs is 3. The lowest BCUT2D eigenvalue weighted by Gasteiger charge is -2.03. The van der Waals surface area contributed by atoms with Crippen LogP contribution in [0.5, 0.6) is 11.5 Å². The van der Waals surface area contributed by atoms with Crippen LogP contribution in [0.2, 0.25) is 0 Å². The number of ether oxygens (including phenoxy) is 1. The van der Waals surface area contributed by atoms with Gasteiger partial charge < -0.3 is 9.84 Å². The Morgan fingerprint density at radius 3 is 2.88 bits per heavy atom. The summed E-state index contributed by atoms with van der Waals surface area (Å²) in [6, 6.07) is 11.0. The molecule has 2 aromatic heterocycles. The van der Waals surface area contributed by atoms with Crippen LogP contribution in [0.3, 0.4) is 0 Å². The van der Waals surface area contributed by atoms with Crippen molar-refractivity contribution in [3.63, 3.8) is 0 Å². The van der Waals surface area contributed by atoms with Gasteiger partial charge in [-0.1, -0.05) is 23.5 Å². The molecule has 0 aliphatic heterocycles. The second-order valence-corrected chi connectivity index (χ2v) is 6.51. The summed E-state index contributed by atoms with van der Waals surface area (Å²) in [6.07, 6.45) is 1.79. The molecule has 120 valence electrons. The Balaban J connectivity index is 2.05. The quantitative estimate of drug-likeness (QED) is 0.610. The fourth-order valence-corrected chi connectivity index (χ4v) is 3.61. The summed E-state index contributed by atoms with van der Waals surface area (Å²) in [5.41, 5.74) is 3.67. The van der Waals surface area contributed by atoms with E-state index in [4.69, 9.17) is 4.74 Å². The molecule has 0 aliphatic rings. The minimum atomic E-state index is -0.0482. The summed E-state index contributed by atoms with van der Waals surface area (Å²) in [5, 5.41) is 10.3. The van der Waals surface area contributed by atoms with E-state index in [1.165, 1.54) is 7.11 Å². The summed E-state index contributed by atoms with van der Waals surface area (Å²) >= 11 is 1.13. The van der Waals surface area contributed by atoms with Crippen LogP contribution in [0.15, 0.2) is 41.2 Å². The second-order valence-electron chi connectivity index (χ2n) is 5.57. The molecule has 0 spiro atoms. The Morgan fingerprint density at radius 2 is 2.08 bits per heavy atom. The van der Waals surface area contributed by atoms with Gasteiger partial charge in [0.1, 0.15) is 5.35 Å². The first-order chi connectivity index (χ1) is 11.6. The van der Waals surface area contributed by atoms with Crippen LogP contribution in [-0.4, -0.2) is 21.6 Å². The largest absolute Gasteiger partial charge is 0.504 e. The van der Waals surface area contributed by atoms with Crippen molar-refractivity contribution in [2.24, 2.45) is 0 Å². The highest BCUT2D eigenvalue weighted by Crippen LogP contribution is 2.26. The van der Waals surface area contributed by atoms with Crippen molar-refractivity contribution in [3.8, 4) is 11.5 Å². The number of imidazole rings is 1. The molecule has 0 radical (unpaired) electrons. The molecule has 0 aliphatic carbocycles. The highest BCUT2D eigenvalue weighted by molar-refractivity contribution is 7.14. The van der Waals surface area contributed by atoms with Crippen molar-refractivity contribution >= 4 is 33.4 Å². The molecule has 4 aromatic rings. The van der Waals surface area contributed by atoms with Gasteiger partial charge in [0.2, 0.25) is 0 Å². The molecular weight excluding hydrogens is 324 g/mol. The van der Waals surface area contributed by atoms with Crippen molar-refractivity contribution in [2.75, 3.05) is 7.11 Å². The zero-order valence-electron chi connectivity index (χ0n) is 13.1. The lowest BCUT2D eigenvalue weighted by Crippen LogP contribution is -2.23. The van der Waals surface area contributed by atoms with Gasteiger partial charge in [-0.15, -0.1) is 0 Å². The number of thiazole rings is 1. The molecule has 6 heteroatoms. The van der Waals surface area contributed by atoms with Gasteiger partial charge >= 0.3 is 0 Å². The number of aryl methyl sites for hydroxylation is 1. The van der Waals surface area contributed by atoms with Gasteiger partial charge in [-0.25, -0.2) is 4.98 Å². The van der Waals surface area contributed by atoms with Crippen molar-refractivity contribution < 1.29 is 9.84 Å². The molecule has 0 fully saturated rings. The van der Waals surface area contributed by atoms with Crippen LogP contribution in [0.25, 0.3) is 22.1 Å². The molecule has 1 N–H and O–H groups in total. The third-order valence-electron chi connectivity index (χ3n) is 3.92. The highest BCUT2D eigenvalue weighted by atomic mass is 32.1. The Hall–Kier alpha value is -2.86. The first-order valence-corrected chi connectivity index (χ1v) is 8.19. The number of methoxy groups -OCH3 is 1. The third-order valence-corrected chi connectivity index (χ3v) is 4.77. The fraction of sp³-hybridized carbons (Fsp3) is 0.111. The molecule has 0 unspecified atom stereocenters. The van der Waals surface area contributed by atoms with E-state index < -0.39 is 0 Å². The van der Waals surface area contributed by atoms with Gasteiger partial charge in [-0.05, 0) is 48.4 Å². The predicted molar refractivity (Wildman–Crippen MR) is 95.0 cm³/mol. The Morgan fingerprint density at radius 1 is 1.25 bits per heavy atom. The number of aromatic nitrogens is 2. The molecule has 0 amide bonds. The van der Waals surface area contributed by atoms with E-state index in [9.17, 15) is 9.90 Å². The third kappa shape index (κ3) is 2.23. The van der Waals surface area contributed by atoms with Crippen LogP contribution < -0.4 is 14.8 Å². The lowest BCUT2D eigenvalue weighted by molar-refractivity contribution is 0.373. The first kappa shape index (κ1) is 14.7. The number of nitrogens with zero attached hydrogens (tertiary/aromatic N) is 2. The summed E-state index contributed by atoms with van der Waals surface area (Å²) in [7, 11) is 1.49. The lowest BCUT2D eigenvalue weighted by atomic mass is 10.2. The van der Waals surface area contributed by atoms with Crippen LogP contribution >= 0.6 is 11.3 Å². The van der Waals surface area contributed by atoms with Crippen molar-refractivity contribution in [2.45, 2.75) is 6.92 Å². The topological polar surface area (TPSA) is 63.8 Å². The molecule has 5 nitrogen and oxygen atoms in total. The van der Waals surface area contributed by atoms with Crippen molar-refractivity contribution in [1.29, 1.82) is 0 Å². The molecule has 2 aromatic carbocycles. The zero-order valence-corrected chi connectivity index (χ0v) is 13.9. The summed E-state index contributed by atoms with van der Waals surface area (Å²) in [6.45, 7) is 2.01. The Labute approximate surface area is 141 Å². The molecule has 0 saturated heterocycles. The predicted octanol–water partition coefficient (Wildman–Crippen LogP) is 2.48. The molecule has 4 rings (SSSR count). The first-order valence-electron chi connectivity index (χ1n) is 7.37. The summed E-state index contributed by atoms with van der Waals surface area (Å²) < 4.78 is 6.96. The van der Waals surface area contributed by atoms with Gasteiger partial charge in [0.15, 0.2) is 16.5 Å². The Bertz CT molecular complexity index is 1190. The minimum Gasteiger partial charge on any atom is -0.504 e. The van der Waals surface area contributed by atoms with Gasteiger partial charge in [0, 0.05) is 0 Å². The van der Waals surface area contributed by atoms with Crippen LogP contribution in [-0.2, 0) is 0 Å². The van der Waals surface area contributed by atoms with E-state index >= 15 is 0 Å². The van der Waals surface area contributed by atoms with Gasteiger partial charge in [0.25, 0.3) is 4.74 Å². The fourth-order valence-electron chi connectivity index (χ4n) is 2.76. The van der Waals surface area contributed by atoms with E-state index in [1.807, 2.05) is 29.5 Å². The Kier molecular flexibility index (Phi) is 3.28. The van der Waals surface area contributed by atoms with Crippen molar-refractivity contribution in [3.05, 3.63) is 62.4 Å². The summed E-state index contributed by atoms with van der Waals surface area (Å²) in [4.78, 5) is 17.6. The number of phenolic OH excluding ortho intramolecular Hbond substituents is 1. The average molecular weight is 338 g/mol. The van der Waals surface area contributed by atoms with Crippen LogP contribution in [0.4, 0.5) is 0 Å². The molecule has 24 heavy (non-hydrogen) atoms. The van der Waals surface area contributed by atoms with E-state index in [0.717, 1.165) is 33.5 Å². The summed E-state index contributed by atoms with van der Waals surface area (Å²) in [5.74, 6) is 0.435. The number of rotatable bonds is 2. The molecule has 0 saturated carbocycles. The van der Waals surface area contributed by atoms with E-state index in [1.54, 1.807) is 24.3 Å². The minimum absolute atomic E-state index is 0.0482. The number of hydrogen-bond donors (Lipinski definition) is 1. The van der Waals surface area contributed by atoms with E-state index in [0.29, 0.717) is 16.1 Å². The van der Waals surface area contributed by atoms with Gasteiger partial charge in [-0.3, -0.25) is 9.20 Å². The van der Waals surface area contributed by atoms with Crippen LogP contribution in [0, 0.1) is 6.92 Å². The normalized spacial score (nSPS) is 12.3. The monoisotopic (exact) mass is 338 g/mol. The van der Waals surface area contributed by atoms with Gasteiger partial charge in [0.05, 0.1) is 18.1 Å². The number of benzene rings is 2. The smallest absolute Gasteiger partial charge is 0.259 e. The van der Waals surface area contributed by atoms with Crippen LogP contribution in [0.1, 0.15) is 11.1 Å². The van der Waals surface area contributed by atoms with E-state index in [2.05, 4.69) is 4.98 Å². The number of phenols is 1. The number of aromatic hydroxyl groups is 1. The van der Waals surface area contributed by atoms with E-state index in [-0.39, 0.29) is 10.5 Å². The average Bonchev–Trinajstić information content (AvgIpc) is 3.05. The zero-order chi connectivity index (χ0) is 16.8. The molecule has 0 atom stereocenters. The maximum absolute atomic E-state index is 12.4. The maximum Gasteiger partial charge on any atom is 0.259 e.